The van der Waals surface area contributed by atoms with Crippen molar-refractivity contribution < 1.29 is 9.53 Å². The lowest BCUT2D eigenvalue weighted by molar-refractivity contribution is -0.137. The molecule has 2 fully saturated rings. The van der Waals surface area contributed by atoms with Crippen LogP contribution in [0.2, 0.25) is 0 Å². The number of aryl methyl sites for hydroxylation is 1. The van der Waals surface area contributed by atoms with Crippen LogP contribution in [0.4, 0.5) is 5.82 Å². The number of rotatable bonds is 4. The number of methoxy groups -OCH3 is 1. The second kappa shape index (κ2) is 6.24. The van der Waals surface area contributed by atoms with Crippen molar-refractivity contribution in [3.05, 3.63) is 23.9 Å². The van der Waals surface area contributed by atoms with Crippen molar-refractivity contribution in [3.63, 3.8) is 0 Å². The first-order chi connectivity index (χ1) is 10.6. The number of hydrogen-bond donors (Lipinski definition) is 0. The molecule has 5 nitrogen and oxygen atoms in total. The predicted molar refractivity (Wildman–Crippen MR) is 85.9 cm³/mol. The maximum Gasteiger partial charge on any atom is 0.229 e. The fourth-order valence-corrected chi connectivity index (χ4v) is 3.64. The molecule has 0 unspecified atom stereocenters. The second-order valence-electron chi connectivity index (χ2n) is 6.44. The Balaban J connectivity index is 1.63. The third-order valence-corrected chi connectivity index (χ3v) is 5.08. The van der Waals surface area contributed by atoms with E-state index >= 15 is 0 Å². The lowest BCUT2D eigenvalue weighted by atomic mass is 9.77. The Morgan fingerprint density at radius 1 is 1.23 bits per heavy atom. The SMILES string of the molecule is COCCN1CCC2(CCN(c3cccc(C)n3)CC2)C1=O. The molecule has 1 aromatic rings. The van der Waals surface area contributed by atoms with E-state index in [9.17, 15) is 4.79 Å². The third-order valence-electron chi connectivity index (χ3n) is 5.08. The summed E-state index contributed by atoms with van der Waals surface area (Å²) in [5, 5.41) is 0. The summed E-state index contributed by atoms with van der Waals surface area (Å²) in [5.41, 5.74) is 0.911. The summed E-state index contributed by atoms with van der Waals surface area (Å²) in [4.78, 5) is 21.6. The average Bonchev–Trinajstić information content (AvgIpc) is 2.83. The van der Waals surface area contributed by atoms with E-state index in [1.54, 1.807) is 7.11 Å². The molecule has 3 heterocycles. The van der Waals surface area contributed by atoms with Gasteiger partial charge in [-0.3, -0.25) is 4.79 Å². The van der Waals surface area contributed by atoms with Crippen LogP contribution in [-0.2, 0) is 9.53 Å². The van der Waals surface area contributed by atoms with Crippen LogP contribution in [0.3, 0.4) is 0 Å². The summed E-state index contributed by atoms with van der Waals surface area (Å²) < 4.78 is 5.10. The summed E-state index contributed by atoms with van der Waals surface area (Å²) in [5.74, 6) is 1.37. The van der Waals surface area contributed by atoms with Gasteiger partial charge < -0.3 is 14.5 Å². The van der Waals surface area contributed by atoms with Gasteiger partial charge in [-0.25, -0.2) is 4.98 Å². The van der Waals surface area contributed by atoms with Crippen molar-refractivity contribution in [3.8, 4) is 0 Å². The van der Waals surface area contributed by atoms with Gasteiger partial charge in [0.15, 0.2) is 0 Å². The molecule has 1 amide bonds. The number of piperidine rings is 1. The van der Waals surface area contributed by atoms with E-state index < -0.39 is 0 Å². The van der Waals surface area contributed by atoms with Crippen LogP contribution in [0, 0.1) is 12.3 Å². The summed E-state index contributed by atoms with van der Waals surface area (Å²) in [6.07, 6.45) is 2.86. The Labute approximate surface area is 132 Å². The normalized spacial score (nSPS) is 20.9. The first kappa shape index (κ1) is 15.3. The Hall–Kier alpha value is -1.62. The first-order valence-electron chi connectivity index (χ1n) is 8.12. The van der Waals surface area contributed by atoms with Crippen molar-refractivity contribution in [2.24, 2.45) is 5.41 Å². The van der Waals surface area contributed by atoms with Gasteiger partial charge in [0.25, 0.3) is 0 Å². The van der Waals surface area contributed by atoms with E-state index in [-0.39, 0.29) is 5.41 Å². The monoisotopic (exact) mass is 303 g/mol. The molecule has 2 aliphatic heterocycles. The molecule has 120 valence electrons. The fourth-order valence-electron chi connectivity index (χ4n) is 3.64. The van der Waals surface area contributed by atoms with Crippen molar-refractivity contribution in [2.75, 3.05) is 44.8 Å². The Bertz CT molecular complexity index is 538. The van der Waals surface area contributed by atoms with Crippen LogP contribution in [-0.4, -0.2) is 55.7 Å². The highest BCUT2D eigenvalue weighted by Gasteiger charge is 2.47. The minimum atomic E-state index is -0.131. The quantitative estimate of drug-likeness (QED) is 0.852. The zero-order valence-corrected chi connectivity index (χ0v) is 13.5. The van der Waals surface area contributed by atoms with E-state index in [1.165, 1.54) is 0 Å². The molecule has 0 radical (unpaired) electrons. The molecule has 2 aliphatic rings. The van der Waals surface area contributed by atoms with Gasteiger partial charge in [0.2, 0.25) is 5.91 Å². The van der Waals surface area contributed by atoms with Crippen molar-refractivity contribution in [1.82, 2.24) is 9.88 Å². The molecule has 1 spiro atoms. The van der Waals surface area contributed by atoms with Crippen LogP contribution < -0.4 is 4.90 Å². The number of carbonyl (C=O) groups excluding carboxylic acids is 1. The van der Waals surface area contributed by atoms with Crippen LogP contribution >= 0.6 is 0 Å². The fraction of sp³-hybridized carbons (Fsp3) is 0.647. The highest BCUT2D eigenvalue weighted by atomic mass is 16.5. The maximum absolute atomic E-state index is 12.7. The Kier molecular flexibility index (Phi) is 4.34. The molecular formula is C17H25N3O2. The van der Waals surface area contributed by atoms with E-state index in [1.807, 2.05) is 17.9 Å². The predicted octanol–water partition coefficient (Wildman–Crippen LogP) is 1.86. The average molecular weight is 303 g/mol. The van der Waals surface area contributed by atoms with Gasteiger partial charge in [0.1, 0.15) is 5.82 Å². The van der Waals surface area contributed by atoms with Crippen molar-refractivity contribution >= 4 is 11.7 Å². The van der Waals surface area contributed by atoms with Crippen LogP contribution in [0.5, 0.6) is 0 Å². The molecular weight excluding hydrogens is 278 g/mol. The molecule has 0 saturated carbocycles. The Morgan fingerprint density at radius 3 is 2.64 bits per heavy atom. The van der Waals surface area contributed by atoms with Gasteiger partial charge in [-0.15, -0.1) is 0 Å². The van der Waals surface area contributed by atoms with E-state index in [4.69, 9.17) is 4.74 Å². The van der Waals surface area contributed by atoms with E-state index in [2.05, 4.69) is 22.0 Å². The van der Waals surface area contributed by atoms with Gasteiger partial charge in [0, 0.05) is 39.0 Å². The van der Waals surface area contributed by atoms with Gasteiger partial charge in [-0.05, 0) is 38.3 Å². The summed E-state index contributed by atoms with van der Waals surface area (Å²) in [6.45, 7) is 6.08. The van der Waals surface area contributed by atoms with Gasteiger partial charge >= 0.3 is 0 Å². The molecule has 22 heavy (non-hydrogen) atoms. The van der Waals surface area contributed by atoms with Crippen LogP contribution in [0.25, 0.3) is 0 Å². The standard InChI is InChI=1S/C17H25N3O2/c1-14-4-3-5-15(18-14)19-9-6-17(7-10-19)8-11-20(16(17)21)12-13-22-2/h3-5H,6-13H2,1-2H3. The summed E-state index contributed by atoms with van der Waals surface area (Å²) >= 11 is 0. The molecule has 0 bridgehead atoms. The number of likely N-dealkylation sites (tertiary alicyclic amines) is 1. The number of anilines is 1. The number of aromatic nitrogens is 1. The van der Waals surface area contributed by atoms with E-state index in [0.717, 1.165) is 57.0 Å². The molecule has 0 aliphatic carbocycles. The second-order valence-corrected chi connectivity index (χ2v) is 6.44. The van der Waals surface area contributed by atoms with Crippen molar-refractivity contribution in [1.29, 1.82) is 0 Å². The highest BCUT2D eigenvalue weighted by Crippen LogP contribution is 2.42. The smallest absolute Gasteiger partial charge is 0.229 e. The molecule has 2 saturated heterocycles. The topological polar surface area (TPSA) is 45.7 Å². The largest absolute Gasteiger partial charge is 0.383 e. The molecule has 1 aromatic heterocycles. The first-order valence-corrected chi connectivity index (χ1v) is 8.12. The lowest BCUT2D eigenvalue weighted by Crippen LogP contribution is -2.45. The molecule has 0 N–H and O–H groups in total. The van der Waals surface area contributed by atoms with Crippen LogP contribution in [0.1, 0.15) is 25.0 Å². The molecule has 0 atom stereocenters. The summed E-state index contributed by atoms with van der Waals surface area (Å²) in [6, 6.07) is 6.13. The minimum absolute atomic E-state index is 0.131. The lowest BCUT2D eigenvalue weighted by Gasteiger charge is -2.38. The molecule has 5 heteroatoms. The number of ether oxygens (including phenoxy) is 1. The van der Waals surface area contributed by atoms with Crippen LogP contribution in [0.15, 0.2) is 18.2 Å². The van der Waals surface area contributed by atoms with E-state index in [0.29, 0.717) is 12.5 Å². The van der Waals surface area contributed by atoms with Gasteiger partial charge in [0.05, 0.1) is 12.0 Å². The Morgan fingerprint density at radius 2 is 1.95 bits per heavy atom. The summed E-state index contributed by atoms with van der Waals surface area (Å²) in [7, 11) is 1.68. The van der Waals surface area contributed by atoms with Gasteiger partial charge in [-0.1, -0.05) is 6.07 Å². The number of amides is 1. The maximum atomic E-state index is 12.7. The number of nitrogens with zero attached hydrogens (tertiary/aromatic N) is 3. The zero-order chi connectivity index (χ0) is 15.6. The molecule has 0 aromatic carbocycles. The molecule has 3 rings (SSSR count). The number of carbonyl (C=O) groups is 1. The number of hydrogen-bond acceptors (Lipinski definition) is 4. The zero-order valence-electron chi connectivity index (χ0n) is 13.5. The minimum Gasteiger partial charge on any atom is -0.383 e. The highest BCUT2D eigenvalue weighted by molar-refractivity contribution is 5.85. The van der Waals surface area contributed by atoms with Crippen molar-refractivity contribution in [2.45, 2.75) is 26.2 Å². The number of pyridine rings is 1. The van der Waals surface area contributed by atoms with Gasteiger partial charge in [-0.2, -0.15) is 0 Å². The third kappa shape index (κ3) is 2.82.